The van der Waals surface area contributed by atoms with Gasteiger partial charge < -0.3 is 0 Å². The zero-order valence-electron chi connectivity index (χ0n) is 13.8. The van der Waals surface area contributed by atoms with E-state index >= 15 is 0 Å². The summed E-state index contributed by atoms with van der Waals surface area (Å²) in [5.41, 5.74) is 2.93. The third kappa shape index (κ3) is 3.88. The standard InChI is InChI=1S/C20H17FN2OS/c1-3-15-5-7-16(8-6-15)13-25-19-20(24)23(11-10-22-19)17-9-4-14(2)18(21)12-17/h3-12H,1,13H2,2H3. The summed E-state index contributed by atoms with van der Waals surface area (Å²) >= 11 is 1.37. The van der Waals surface area contributed by atoms with Crippen molar-refractivity contribution in [3.63, 3.8) is 0 Å². The van der Waals surface area contributed by atoms with Crippen molar-refractivity contribution in [1.29, 1.82) is 0 Å². The van der Waals surface area contributed by atoms with Crippen LogP contribution < -0.4 is 5.56 Å². The Morgan fingerprint density at radius 1 is 1.24 bits per heavy atom. The topological polar surface area (TPSA) is 34.9 Å². The van der Waals surface area contributed by atoms with Crippen LogP contribution in [0.5, 0.6) is 0 Å². The molecule has 0 fully saturated rings. The molecule has 3 aromatic rings. The highest BCUT2D eigenvalue weighted by Gasteiger charge is 2.09. The number of thioether (sulfide) groups is 1. The molecule has 0 aliphatic carbocycles. The lowest BCUT2D eigenvalue weighted by Crippen LogP contribution is -2.20. The van der Waals surface area contributed by atoms with E-state index < -0.39 is 0 Å². The lowest BCUT2D eigenvalue weighted by molar-refractivity contribution is 0.616. The number of rotatable bonds is 5. The van der Waals surface area contributed by atoms with Crippen LogP contribution in [0.2, 0.25) is 0 Å². The van der Waals surface area contributed by atoms with Gasteiger partial charge in [-0.05, 0) is 35.7 Å². The van der Waals surface area contributed by atoms with Gasteiger partial charge in [-0.2, -0.15) is 0 Å². The average molecular weight is 352 g/mol. The molecule has 0 unspecified atom stereocenters. The van der Waals surface area contributed by atoms with Crippen LogP contribution in [0.15, 0.2) is 71.3 Å². The molecule has 25 heavy (non-hydrogen) atoms. The van der Waals surface area contributed by atoms with Crippen molar-refractivity contribution in [3.8, 4) is 5.69 Å². The van der Waals surface area contributed by atoms with Gasteiger partial charge in [0, 0.05) is 18.1 Å². The molecule has 3 nitrogen and oxygen atoms in total. The summed E-state index contributed by atoms with van der Waals surface area (Å²) in [6, 6.07) is 12.7. The van der Waals surface area contributed by atoms with Crippen molar-refractivity contribution in [1.82, 2.24) is 9.55 Å². The van der Waals surface area contributed by atoms with Crippen LogP contribution in [0.3, 0.4) is 0 Å². The van der Waals surface area contributed by atoms with Crippen molar-refractivity contribution in [2.45, 2.75) is 17.7 Å². The SMILES string of the molecule is C=Cc1ccc(CSc2nccn(-c3ccc(C)c(F)c3)c2=O)cc1. The van der Waals surface area contributed by atoms with Gasteiger partial charge in [-0.15, -0.1) is 0 Å². The fraction of sp³-hybridized carbons (Fsp3) is 0.100. The third-order valence-corrected chi connectivity index (χ3v) is 4.86. The number of hydrogen-bond donors (Lipinski definition) is 0. The van der Waals surface area contributed by atoms with E-state index in [2.05, 4.69) is 11.6 Å². The van der Waals surface area contributed by atoms with Crippen molar-refractivity contribution < 1.29 is 4.39 Å². The Balaban J connectivity index is 1.84. The van der Waals surface area contributed by atoms with Crippen LogP contribution in [0.1, 0.15) is 16.7 Å². The molecule has 2 aromatic carbocycles. The fourth-order valence-electron chi connectivity index (χ4n) is 2.33. The van der Waals surface area contributed by atoms with Crippen LogP contribution in [-0.4, -0.2) is 9.55 Å². The van der Waals surface area contributed by atoms with Gasteiger partial charge in [0.25, 0.3) is 5.56 Å². The molecule has 0 atom stereocenters. The summed E-state index contributed by atoms with van der Waals surface area (Å²) < 4.78 is 15.2. The average Bonchev–Trinajstić information content (AvgIpc) is 2.64. The molecule has 0 aliphatic heterocycles. The molecular formula is C20H17FN2OS. The van der Waals surface area contributed by atoms with Crippen molar-refractivity contribution in [3.05, 3.63) is 94.3 Å². The number of aromatic nitrogens is 2. The van der Waals surface area contributed by atoms with Crippen molar-refractivity contribution >= 4 is 17.8 Å². The van der Waals surface area contributed by atoms with Crippen LogP contribution >= 0.6 is 11.8 Å². The Hall–Kier alpha value is -2.66. The van der Waals surface area contributed by atoms with Gasteiger partial charge in [0.2, 0.25) is 0 Å². The van der Waals surface area contributed by atoms with E-state index in [1.165, 1.54) is 22.4 Å². The second kappa shape index (κ2) is 7.49. The number of aryl methyl sites for hydroxylation is 1. The maximum atomic E-state index is 13.8. The first-order valence-electron chi connectivity index (χ1n) is 7.77. The third-order valence-electron chi connectivity index (χ3n) is 3.83. The first-order valence-corrected chi connectivity index (χ1v) is 8.75. The fourth-order valence-corrected chi connectivity index (χ4v) is 3.18. The van der Waals surface area contributed by atoms with Gasteiger partial charge >= 0.3 is 0 Å². The zero-order valence-corrected chi connectivity index (χ0v) is 14.6. The normalized spacial score (nSPS) is 10.6. The van der Waals surface area contributed by atoms with E-state index in [0.29, 0.717) is 22.0 Å². The second-order valence-electron chi connectivity index (χ2n) is 5.58. The highest BCUT2D eigenvalue weighted by atomic mass is 32.2. The molecule has 1 heterocycles. The molecule has 0 aliphatic rings. The van der Waals surface area contributed by atoms with Gasteiger partial charge in [0.05, 0.1) is 5.69 Å². The Morgan fingerprint density at radius 2 is 2.00 bits per heavy atom. The number of halogens is 1. The van der Waals surface area contributed by atoms with Crippen LogP contribution in [0.4, 0.5) is 4.39 Å². The summed E-state index contributed by atoms with van der Waals surface area (Å²) in [4.78, 5) is 16.8. The minimum Gasteiger partial charge on any atom is -0.280 e. The molecule has 0 saturated carbocycles. The predicted octanol–water partition coefficient (Wildman–Crippen LogP) is 4.62. The van der Waals surface area contributed by atoms with E-state index in [4.69, 9.17) is 0 Å². The second-order valence-corrected chi connectivity index (χ2v) is 6.54. The smallest absolute Gasteiger partial charge is 0.280 e. The summed E-state index contributed by atoms with van der Waals surface area (Å²) in [5.74, 6) is 0.295. The van der Waals surface area contributed by atoms with E-state index in [1.807, 2.05) is 24.3 Å². The summed E-state index contributed by atoms with van der Waals surface area (Å²) in [5, 5.41) is 0.385. The van der Waals surface area contributed by atoms with E-state index in [9.17, 15) is 9.18 Å². The van der Waals surface area contributed by atoms with Gasteiger partial charge in [0.15, 0.2) is 5.03 Å². The summed E-state index contributed by atoms with van der Waals surface area (Å²) in [6.45, 7) is 5.42. The van der Waals surface area contributed by atoms with E-state index in [1.54, 1.807) is 37.5 Å². The minimum atomic E-state index is -0.335. The molecule has 3 rings (SSSR count). The molecule has 1 aromatic heterocycles. The van der Waals surface area contributed by atoms with Crippen molar-refractivity contribution in [2.24, 2.45) is 0 Å². The molecular weight excluding hydrogens is 335 g/mol. The highest BCUT2D eigenvalue weighted by Crippen LogP contribution is 2.19. The van der Waals surface area contributed by atoms with Crippen LogP contribution in [0, 0.1) is 12.7 Å². The number of nitrogens with zero attached hydrogens (tertiary/aromatic N) is 2. The molecule has 126 valence electrons. The molecule has 0 bridgehead atoms. The molecule has 5 heteroatoms. The molecule has 0 saturated heterocycles. The van der Waals surface area contributed by atoms with E-state index in [0.717, 1.165) is 11.1 Å². The monoisotopic (exact) mass is 352 g/mol. The lowest BCUT2D eigenvalue weighted by Gasteiger charge is -2.08. The summed E-state index contributed by atoms with van der Waals surface area (Å²) in [7, 11) is 0. The van der Waals surface area contributed by atoms with Crippen LogP contribution in [0.25, 0.3) is 11.8 Å². The maximum Gasteiger partial charge on any atom is 0.287 e. The molecule has 0 N–H and O–H groups in total. The number of hydrogen-bond acceptors (Lipinski definition) is 3. The van der Waals surface area contributed by atoms with Crippen molar-refractivity contribution in [2.75, 3.05) is 0 Å². The molecule has 0 amide bonds. The van der Waals surface area contributed by atoms with Gasteiger partial charge in [-0.25, -0.2) is 9.37 Å². The quantitative estimate of drug-likeness (QED) is 0.629. The number of benzene rings is 2. The largest absolute Gasteiger partial charge is 0.287 e. The van der Waals surface area contributed by atoms with E-state index in [-0.39, 0.29) is 11.4 Å². The lowest BCUT2D eigenvalue weighted by atomic mass is 10.1. The molecule has 0 spiro atoms. The Morgan fingerprint density at radius 3 is 2.68 bits per heavy atom. The van der Waals surface area contributed by atoms with Gasteiger partial charge in [0.1, 0.15) is 5.82 Å². The summed E-state index contributed by atoms with van der Waals surface area (Å²) in [6.07, 6.45) is 4.90. The van der Waals surface area contributed by atoms with Crippen LogP contribution in [-0.2, 0) is 5.75 Å². The maximum absolute atomic E-state index is 13.8. The minimum absolute atomic E-state index is 0.251. The predicted molar refractivity (Wildman–Crippen MR) is 101 cm³/mol. The first kappa shape index (κ1) is 17.2. The first-order chi connectivity index (χ1) is 12.1. The highest BCUT2D eigenvalue weighted by molar-refractivity contribution is 7.98. The Bertz CT molecular complexity index is 964. The Kier molecular flexibility index (Phi) is 5.14. The molecule has 0 radical (unpaired) electrons. The van der Waals surface area contributed by atoms with Gasteiger partial charge in [-0.3, -0.25) is 9.36 Å². The Labute approximate surface area is 149 Å². The zero-order chi connectivity index (χ0) is 17.8. The van der Waals surface area contributed by atoms with Gasteiger partial charge in [-0.1, -0.05) is 54.7 Å².